The Labute approximate surface area is 144 Å². The standard InChI is InChI=1S/C18H18ClNO4/c1-23-6-7-24-12-4-2-11(3-5-12)13-8-14-15(18(21)22)10-20-17(14)9-16(13)19/h2-4,8-10,12,20H,5-7H2,1H3,(H,21,22). The SMILES string of the molecule is COCCOC1C=CC(c2cc3c(C(=O)O)c[nH]c3cc2Cl)=CC1. The van der Waals surface area contributed by atoms with Gasteiger partial charge in [0.05, 0.1) is 29.9 Å². The molecule has 6 heteroatoms. The number of methoxy groups -OCH3 is 1. The molecule has 1 aliphatic rings. The highest BCUT2D eigenvalue weighted by Crippen LogP contribution is 2.33. The van der Waals surface area contributed by atoms with Crippen molar-refractivity contribution in [1.29, 1.82) is 0 Å². The summed E-state index contributed by atoms with van der Waals surface area (Å²) in [6.07, 6.45) is 8.24. The van der Waals surface area contributed by atoms with Crippen LogP contribution in [-0.4, -0.2) is 42.5 Å². The van der Waals surface area contributed by atoms with E-state index in [0.717, 1.165) is 17.6 Å². The van der Waals surface area contributed by atoms with Crippen LogP contribution in [0.3, 0.4) is 0 Å². The van der Waals surface area contributed by atoms with Gasteiger partial charge < -0.3 is 19.6 Å². The Morgan fingerprint density at radius 3 is 2.92 bits per heavy atom. The fraction of sp³-hybridized carbons (Fsp3) is 0.278. The van der Waals surface area contributed by atoms with Crippen LogP contribution in [0, 0.1) is 0 Å². The predicted octanol–water partition coefficient (Wildman–Crippen LogP) is 3.89. The van der Waals surface area contributed by atoms with Crippen LogP contribution in [0.15, 0.2) is 36.6 Å². The highest BCUT2D eigenvalue weighted by atomic mass is 35.5. The summed E-state index contributed by atoms with van der Waals surface area (Å²) in [4.78, 5) is 14.2. The summed E-state index contributed by atoms with van der Waals surface area (Å²) < 4.78 is 10.6. The van der Waals surface area contributed by atoms with E-state index in [0.29, 0.717) is 29.1 Å². The first-order valence-electron chi connectivity index (χ1n) is 7.63. The van der Waals surface area contributed by atoms with Crippen LogP contribution >= 0.6 is 11.6 Å². The van der Waals surface area contributed by atoms with Gasteiger partial charge in [-0.15, -0.1) is 0 Å². The molecule has 5 nitrogen and oxygen atoms in total. The van der Waals surface area contributed by atoms with Crippen molar-refractivity contribution in [2.75, 3.05) is 20.3 Å². The Morgan fingerprint density at radius 1 is 1.42 bits per heavy atom. The third kappa shape index (κ3) is 3.38. The second kappa shape index (κ2) is 7.21. The van der Waals surface area contributed by atoms with E-state index in [1.165, 1.54) is 6.20 Å². The first-order chi connectivity index (χ1) is 11.6. The third-order valence-electron chi connectivity index (χ3n) is 3.99. The minimum atomic E-state index is -0.964. The lowest BCUT2D eigenvalue weighted by Gasteiger charge is -2.17. The Kier molecular flexibility index (Phi) is 5.04. The van der Waals surface area contributed by atoms with Gasteiger partial charge in [0, 0.05) is 29.8 Å². The zero-order chi connectivity index (χ0) is 17.1. The summed E-state index contributed by atoms with van der Waals surface area (Å²) in [5.74, 6) is -0.964. The largest absolute Gasteiger partial charge is 0.478 e. The lowest BCUT2D eigenvalue weighted by molar-refractivity contribution is 0.0406. The maximum Gasteiger partial charge on any atom is 0.337 e. The molecule has 1 aliphatic carbocycles. The van der Waals surface area contributed by atoms with Crippen LogP contribution in [-0.2, 0) is 9.47 Å². The van der Waals surface area contributed by atoms with Crippen LogP contribution in [0.5, 0.6) is 0 Å². The molecule has 0 amide bonds. The van der Waals surface area contributed by atoms with Gasteiger partial charge in [-0.25, -0.2) is 4.79 Å². The Hall–Kier alpha value is -2.08. The molecule has 1 aromatic heterocycles. The number of benzene rings is 1. The number of halogens is 1. The third-order valence-corrected chi connectivity index (χ3v) is 4.30. The van der Waals surface area contributed by atoms with Crippen molar-refractivity contribution in [3.63, 3.8) is 0 Å². The van der Waals surface area contributed by atoms with Crippen molar-refractivity contribution in [1.82, 2.24) is 4.98 Å². The zero-order valence-corrected chi connectivity index (χ0v) is 14.0. The van der Waals surface area contributed by atoms with Gasteiger partial charge in [-0.3, -0.25) is 0 Å². The molecule has 0 spiro atoms. The van der Waals surface area contributed by atoms with Crippen LogP contribution in [0.25, 0.3) is 16.5 Å². The Morgan fingerprint density at radius 2 is 2.25 bits per heavy atom. The van der Waals surface area contributed by atoms with Gasteiger partial charge in [-0.05, 0) is 24.1 Å². The number of ether oxygens (including phenoxy) is 2. The monoisotopic (exact) mass is 347 g/mol. The van der Waals surface area contributed by atoms with Gasteiger partial charge in [0.1, 0.15) is 0 Å². The molecule has 0 saturated heterocycles. The molecule has 1 aromatic carbocycles. The van der Waals surface area contributed by atoms with Crippen LogP contribution < -0.4 is 0 Å². The second-order valence-electron chi connectivity index (χ2n) is 5.54. The highest BCUT2D eigenvalue weighted by Gasteiger charge is 2.16. The molecule has 0 saturated carbocycles. The van der Waals surface area contributed by atoms with E-state index in [4.69, 9.17) is 21.1 Å². The summed E-state index contributed by atoms with van der Waals surface area (Å²) in [5.41, 5.74) is 2.73. The normalized spacial score (nSPS) is 17.2. The molecule has 1 atom stereocenters. The first kappa shape index (κ1) is 16.8. The molecule has 24 heavy (non-hydrogen) atoms. The average Bonchev–Trinajstić information content (AvgIpc) is 2.98. The number of H-pyrrole nitrogens is 1. The molecule has 1 unspecified atom stereocenters. The predicted molar refractivity (Wildman–Crippen MR) is 93.6 cm³/mol. The Bertz CT molecular complexity index is 822. The number of fused-ring (bicyclic) bond motifs is 1. The van der Waals surface area contributed by atoms with Crippen LogP contribution in [0.1, 0.15) is 22.3 Å². The van der Waals surface area contributed by atoms with Crippen molar-refractivity contribution in [2.24, 2.45) is 0 Å². The molecule has 0 fully saturated rings. The lowest BCUT2D eigenvalue weighted by Crippen LogP contribution is -2.14. The molecule has 126 valence electrons. The van der Waals surface area contributed by atoms with Gasteiger partial charge in [0.15, 0.2) is 0 Å². The lowest BCUT2D eigenvalue weighted by atomic mass is 9.96. The number of hydrogen-bond donors (Lipinski definition) is 2. The zero-order valence-electron chi connectivity index (χ0n) is 13.2. The fourth-order valence-corrected chi connectivity index (χ4v) is 3.02. The molecule has 0 aliphatic heterocycles. The smallest absolute Gasteiger partial charge is 0.337 e. The van der Waals surface area contributed by atoms with E-state index < -0.39 is 5.97 Å². The number of hydrogen-bond acceptors (Lipinski definition) is 3. The molecule has 0 bridgehead atoms. The number of carboxylic acid groups (broad SMARTS) is 1. The maximum absolute atomic E-state index is 11.3. The van der Waals surface area contributed by atoms with E-state index >= 15 is 0 Å². The highest BCUT2D eigenvalue weighted by molar-refractivity contribution is 6.33. The number of nitrogens with one attached hydrogen (secondary N) is 1. The summed E-state index contributed by atoms with van der Waals surface area (Å²) in [5, 5.41) is 10.5. The van der Waals surface area contributed by atoms with Crippen molar-refractivity contribution in [3.05, 3.63) is 52.7 Å². The topological polar surface area (TPSA) is 71.6 Å². The number of aromatic amines is 1. The second-order valence-corrected chi connectivity index (χ2v) is 5.95. The Balaban J connectivity index is 1.85. The number of allylic oxidation sites excluding steroid dienone is 2. The summed E-state index contributed by atoms with van der Waals surface area (Å²) in [7, 11) is 1.64. The van der Waals surface area contributed by atoms with Crippen LogP contribution in [0.2, 0.25) is 5.02 Å². The number of aromatic nitrogens is 1. The number of rotatable bonds is 6. The molecule has 2 aromatic rings. The summed E-state index contributed by atoms with van der Waals surface area (Å²) in [6.45, 7) is 1.11. The van der Waals surface area contributed by atoms with E-state index in [-0.39, 0.29) is 11.7 Å². The molecule has 3 rings (SSSR count). The molecular formula is C18H18ClNO4. The molecule has 2 N–H and O–H groups in total. The van der Waals surface area contributed by atoms with Crippen LogP contribution in [0.4, 0.5) is 0 Å². The molecule has 0 radical (unpaired) electrons. The quantitative estimate of drug-likeness (QED) is 0.777. The van der Waals surface area contributed by atoms with Gasteiger partial charge in [-0.1, -0.05) is 29.8 Å². The van der Waals surface area contributed by atoms with E-state index in [1.54, 1.807) is 13.2 Å². The van der Waals surface area contributed by atoms with Gasteiger partial charge in [0.25, 0.3) is 0 Å². The van der Waals surface area contributed by atoms with E-state index in [2.05, 4.69) is 11.1 Å². The molecular weight excluding hydrogens is 330 g/mol. The minimum absolute atomic E-state index is 0.0215. The van der Waals surface area contributed by atoms with E-state index in [9.17, 15) is 9.90 Å². The van der Waals surface area contributed by atoms with Gasteiger partial charge in [0.2, 0.25) is 0 Å². The van der Waals surface area contributed by atoms with Gasteiger partial charge in [-0.2, -0.15) is 0 Å². The maximum atomic E-state index is 11.3. The summed E-state index contributed by atoms with van der Waals surface area (Å²) in [6, 6.07) is 3.58. The average molecular weight is 348 g/mol. The number of aromatic carboxylic acids is 1. The summed E-state index contributed by atoms with van der Waals surface area (Å²) >= 11 is 6.37. The van der Waals surface area contributed by atoms with Gasteiger partial charge >= 0.3 is 5.97 Å². The first-order valence-corrected chi connectivity index (χ1v) is 8.01. The minimum Gasteiger partial charge on any atom is -0.478 e. The van der Waals surface area contributed by atoms with Crippen molar-refractivity contribution in [2.45, 2.75) is 12.5 Å². The van der Waals surface area contributed by atoms with Crippen molar-refractivity contribution < 1.29 is 19.4 Å². The van der Waals surface area contributed by atoms with Crippen molar-refractivity contribution in [3.8, 4) is 0 Å². The number of carbonyl (C=O) groups is 1. The van der Waals surface area contributed by atoms with Crippen molar-refractivity contribution >= 4 is 34.0 Å². The number of carboxylic acids is 1. The fourth-order valence-electron chi connectivity index (χ4n) is 2.75. The molecule has 1 heterocycles. The van der Waals surface area contributed by atoms with E-state index in [1.807, 2.05) is 18.2 Å².